The first-order chi connectivity index (χ1) is 8.74. The standard InChI is InChI=1S/C12H17N3O4/c1-12(2,3)19-11(16)9(6-13)10-5-4-8(7-14-10)15(17)18/h8,14H,4-5,7H2,1-3H3. The van der Waals surface area contributed by atoms with E-state index < -0.39 is 17.6 Å². The Hall–Kier alpha value is -2.10. The van der Waals surface area contributed by atoms with E-state index in [1.165, 1.54) is 0 Å². The van der Waals surface area contributed by atoms with Gasteiger partial charge in [0.15, 0.2) is 5.57 Å². The minimum absolute atomic E-state index is 0.100. The smallest absolute Gasteiger partial charge is 0.351 e. The Bertz CT molecular complexity index is 447. The van der Waals surface area contributed by atoms with Gasteiger partial charge in [-0.3, -0.25) is 10.1 Å². The molecule has 0 aromatic carbocycles. The minimum atomic E-state index is -0.697. The van der Waals surface area contributed by atoms with Gasteiger partial charge in [0.2, 0.25) is 6.04 Å². The van der Waals surface area contributed by atoms with E-state index in [1.54, 1.807) is 20.8 Å². The molecule has 19 heavy (non-hydrogen) atoms. The second kappa shape index (κ2) is 5.69. The van der Waals surface area contributed by atoms with Crippen LogP contribution in [0.2, 0.25) is 0 Å². The zero-order chi connectivity index (χ0) is 14.6. The Morgan fingerprint density at radius 1 is 1.58 bits per heavy atom. The third-order valence-corrected chi connectivity index (χ3v) is 2.59. The topological polar surface area (TPSA) is 105 Å². The second-order valence-corrected chi connectivity index (χ2v) is 5.33. The van der Waals surface area contributed by atoms with Crippen LogP contribution in [0.3, 0.4) is 0 Å². The molecule has 1 fully saturated rings. The highest BCUT2D eigenvalue weighted by Gasteiger charge is 2.29. The summed E-state index contributed by atoms with van der Waals surface area (Å²) in [5.41, 5.74) is -0.357. The summed E-state index contributed by atoms with van der Waals surface area (Å²) in [6, 6.07) is 1.13. The molecule has 0 radical (unpaired) electrons. The van der Waals surface area contributed by atoms with Gasteiger partial charge in [0.05, 0.1) is 6.54 Å². The molecule has 7 heteroatoms. The van der Waals surface area contributed by atoms with E-state index in [0.29, 0.717) is 18.5 Å². The van der Waals surface area contributed by atoms with Crippen molar-refractivity contribution in [2.24, 2.45) is 0 Å². The van der Waals surface area contributed by atoms with E-state index in [0.717, 1.165) is 0 Å². The first kappa shape index (κ1) is 15.0. The van der Waals surface area contributed by atoms with Gasteiger partial charge < -0.3 is 10.1 Å². The first-order valence-electron chi connectivity index (χ1n) is 5.98. The summed E-state index contributed by atoms with van der Waals surface area (Å²) in [4.78, 5) is 22.1. The summed E-state index contributed by atoms with van der Waals surface area (Å²) < 4.78 is 5.13. The number of nitrogens with zero attached hydrogens (tertiary/aromatic N) is 2. The molecule has 1 saturated heterocycles. The third-order valence-electron chi connectivity index (χ3n) is 2.59. The molecular weight excluding hydrogens is 250 g/mol. The number of nitro groups is 1. The number of piperidine rings is 1. The fourth-order valence-electron chi connectivity index (χ4n) is 1.70. The third kappa shape index (κ3) is 4.25. The van der Waals surface area contributed by atoms with Crippen LogP contribution >= 0.6 is 0 Å². The summed E-state index contributed by atoms with van der Waals surface area (Å²) in [6.45, 7) is 5.25. The van der Waals surface area contributed by atoms with Gasteiger partial charge in [-0.1, -0.05) is 0 Å². The van der Waals surface area contributed by atoms with E-state index in [1.807, 2.05) is 6.07 Å². The molecule has 1 N–H and O–H groups in total. The van der Waals surface area contributed by atoms with Crippen molar-refractivity contribution in [1.82, 2.24) is 5.32 Å². The first-order valence-corrected chi connectivity index (χ1v) is 5.98. The highest BCUT2D eigenvalue weighted by Crippen LogP contribution is 2.19. The highest BCUT2D eigenvalue weighted by molar-refractivity contribution is 5.93. The predicted molar refractivity (Wildman–Crippen MR) is 66.5 cm³/mol. The molecule has 0 spiro atoms. The van der Waals surface area contributed by atoms with Crippen LogP contribution in [0.5, 0.6) is 0 Å². The van der Waals surface area contributed by atoms with Crippen molar-refractivity contribution in [3.8, 4) is 6.07 Å². The number of carbonyl (C=O) groups is 1. The van der Waals surface area contributed by atoms with Crippen molar-refractivity contribution >= 4 is 5.97 Å². The van der Waals surface area contributed by atoms with Crippen molar-refractivity contribution in [1.29, 1.82) is 5.26 Å². The van der Waals surface area contributed by atoms with Crippen LogP contribution in [0.1, 0.15) is 33.6 Å². The summed E-state index contributed by atoms with van der Waals surface area (Å²) in [7, 11) is 0. The maximum absolute atomic E-state index is 11.8. The molecule has 0 saturated carbocycles. The average molecular weight is 267 g/mol. The fraction of sp³-hybridized carbons (Fsp3) is 0.667. The SMILES string of the molecule is CC(C)(C)OC(=O)C(C#N)=C1CCC([N+](=O)[O-])CN1. The lowest BCUT2D eigenvalue weighted by atomic mass is 10.0. The van der Waals surface area contributed by atoms with Gasteiger partial charge in [0.25, 0.3) is 0 Å². The number of hydrogen-bond acceptors (Lipinski definition) is 6. The summed E-state index contributed by atoms with van der Waals surface area (Å²) >= 11 is 0. The highest BCUT2D eigenvalue weighted by atomic mass is 16.6. The van der Waals surface area contributed by atoms with Crippen LogP contribution < -0.4 is 5.32 Å². The number of ether oxygens (including phenoxy) is 1. The molecule has 0 bridgehead atoms. The number of rotatable bonds is 2. The number of nitriles is 1. The zero-order valence-electron chi connectivity index (χ0n) is 11.2. The molecule has 104 valence electrons. The largest absolute Gasteiger partial charge is 0.456 e. The Labute approximate surface area is 111 Å². The number of allylic oxidation sites excluding steroid dienone is 1. The molecule has 1 heterocycles. The molecule has 1 unspecified atom stereocenters. The quantitative estimate of drug-likeness (QED) is 0.264. The number of nitrogens with one attached hydrogen (secondary N) is 1. The van der Waals surface area contributed by atoms with Crippen LogP contribution in [-0.2, 0) is 9.53 Å². The number of hydrogen-bond donors (Lipinski definition) is 1. The predicted octanol–water partition coefficient (Wildman–Crippen LogP) is 1.13. The van der Waals surface area contributed by atoms with Crippen molar-refractivity contribution < 1.29 is 14.5 Å². The zero-order valence-corrected chi connectivity index (χ0v) is 11.2. The Balaban J connectivity index is 2.81. The van der Waals surface area contributed by atoms with Gasteiger partial charge in [0.1, 0.15) is 11.7 Å². The van der Waals surface area contributed by atoms with Crippen molar-refractivity contribution in [2.75, 3.05) is 6.54 Å². The van der Waals surface area contributed by atoms with Gasteiger partial charge in [-0.2, -0.15) is 5.26 Å². The molecule has 1 atom stereocenters. The minimum Gasteiger partial charge on any atom is -0.456 e. The van der Waals surface area contributed by atoms with Gasteiger partial charge in [-0.05, 0) is 27.2 Å². The summed E-state index contributed by atoms with van der Waals surface area (Å²) in [5.74, 6) is -0.697. The Morgan fingerprint density at radius 3 is 2.58 bits per heavy atom. The van der Waals surface area contributed by atoms with E-state index in [-0.39, 0.29) is 17.0 Å². The Morgan fingerprint density at radius 2 is 2.21 bits per heavy atom. The lowest BCUT2D eigenvalue weighted by Gasteiger charge is -2.23. The molecule has 0 aromatic rings. The van der Waals surface area contributed by atoms with Gasteiger partial charge in [0, 0.05) is 17.0 Å². The number of esters is 1. The van der Waals surface area contributed by atoms with Gasteiger partial charge >= 0.3 is 5.97 Å². The monoisotopic (exact) mass is 267 g/mol. The maximum atomic E-state index is 11.8. The van der Waals surface area contributed by atoms with Crippen LogP contribution in [0.15, 0.2) is 11.3 Å². The van der Waals surface area contributed by atoms with Crippen LogP contribution in [0.4, 0.5) is 0 Å². The normalized spacial score (nSPS) is 21.9. The van der Waals surface area contributed by atoms with Gasteiger partial charge in [-0.15, -0.1) is 0 Å². The Kier molecular flexibility index (Phi) is 4.48. The van der Waals surface area contributed by atoms with E-state index in [2.05, 4.69) is 5.32 Å². The fourth-order valence-corrected chi connectivity index (χ4v) is 1.70. The molecule has 0 aromatic heterocycles. The van der Waals surface area contributed by atoms with Crippen LogP contribution in [0, 0.1) is 21.4 Å². The maximum Gasteiger partial charge on any atom is 0.351 e. The summed E-state index contributed by atoms with van der Waals surface area (Å²) in [6.07, 6.45) is 0.608. The molecule has 1 aliphatic rings. The van der Waals surface area contributed by atoms with Crippen molar-refractivity contribution in [3.63, 3.8) is 0 Å². The lowest BCUT2D eigenvalue weighted by molar-refractivity contribution is -0.522. The van der Waals surface area contributed by atoms with Crippen LogP contribution in [-0.4, -0.2) is 29.1 Å². The van der Waals surface area contributed by atoms with Crippen LogP contribution in [0.25, 0.3) is 0 Å². The molecular formula is C12H17N3O4. The second-order valence-electron chi connectivity index (χ2n) is 5.33. The lowest BCUT2D eigenvalue weighted by Crippen LogP contribution is -2.38. The van der Waals surface area contributed by atoms with Crippen molar-refractivity contribution in [2.45, 2.75) is 45.3 Å². The molecule has 7 nitrogen and oxygen atoms in total. The molecule has 0 aliphatic carbocycles. The molecule has 1 rings (SSSR count). The van der Waals surface area contributed by atoms with E-state index >= 15 is 0 Å². The van der Waals surface area contributed by atoms with E-state index in [4.69, 9.17) is 10.00 Å². The summed E-state index contributed by atoms with van der Waals surface area (Å²) in [5, 5.41) is 22.4. The van der Waals surface area contributed by atoms with Crippen molar-refractivity contribution in [3.05, 3.63) is 21.4 Å². The van der Waals surface area contributed by atoms with E-state index in [9.17, 15) is 14.9 Å². The molecule has 0 amide bonds. The molecule has 1 aliphatic heterocycles. The number of carbonyl (C=O) groups excluding carboxylic acids is 1. The van der Waals surface area contributed by atoms with Gasteiger partial charge in [-0.25, -0.2) is 4.79 Å². The average Bonchev–Trinajstić information content (AvgIpc) is 2.28.